The van der Waals surface area contributed by atoms with Gasteiger partial charge in [0.15, 0.2) is 0 Å². The van der Waals surface area contributed by atoms with Gasteiger partial charge in [-0.1, -0.05) is 20.4 Å². The van der Waals surface area contributed by atoms with E-state index in [0.717, 1.165) is 12.2 Å². The normalized spacial score (nSPS) is 17.6. The number of hydrogen-bond acceptors (Lipinski definition) is 2. The first-order chi connectivity index (χ1) is 6.58. The van der Waals surface area contributed by atoms with Crippen LogP contribution in [0.5, 0.6) is 0 Å². The van der Waals surface area contributed by atoms with E-state index in [2.05, 4.69) is 31.9 Å². The fourth-order valence-electron chi connectivity index (χ4n) is 1.54. The topological polar surface area (TPSA) is 9.23 Å². The van der Waals surface area contributed by atoms with E-state index in [0.29, 0.717) is 0 Å². The van der Waals surface area contributed by atoms with Crippen molar-refractivity contribution in [3.8, 4) is 0 Å². The molecule has 2 rings (SSSR count). The van der Waals surface area contributed by atoms with Crippen LogP contribution in [0.25, 0.3) is 5.76 Å². The molecule has 0 N–H and O–H groups in total. The molecule has 0 atom stereocenters. The third-order valence-electron chi connectivity index (χ3n) is 2.03. The zero-order valence-corrected chi connectivity index (χ0v) is 10.2. The van der Waals surface area contributed by atoms with E-state index >= 15 is 0 Å². The molecule has 0 amide bonds. The molecule has 1 aromatic rings. The predicted octanol–water partition coefficient (Wildman–Crippen LogP) is 4.10. The maximum atomic E-state index is 5.67. The molecule has 0 unspecified atom stereocenters. The second kappa shape index (κ2) is 4.18. The lowest BCUT2D eigenvalue weighted by molar-refractivity contribution is 0.0712. The summed E-state index contributed by atoms with van der Waals surface area (Å²) in [6.45, 7) is 12.1. The molecule has 1 aliphatic rings. The summed E-state index contributed by atoms with van der Waals surface area (Å²) in [6, 6.07) is 2.08. The minimum atomic E-state index is -0.0745. The van der Waals surface area contributed by atoms with Crippen LogP contribution in [0.3, 0.4) is 0 Å². The van der Waals surface area contributed by atoms with Gasteiger partial charge in [0, 0.05) is 16.9 Å². The van der Waals surface area contributed by atoms with Gasteiger partial charge in [0.1, 0.15) is 11.4 Å². The van der Waals surface area contributed by atoms with Crippen LogP contribution in [0.15, 0.2) is 18.0 Å². The first-order valence-electron chi connectivity index (χ1n) is 5.03. The van der Waals surface area contributed by atoms with Gasteiger partial charge in [-0.3, -0.25) is 0 Å². The summed E-state index contributed by atoms with van der Waals surface area (Å²) < 4.78 is 5.67. The molecule has 2 heteroatoms. The van der Waals surface area contributed by atoms with Crippen LogP contribution in [-0.2, 0) is 11.2 Å². The van der Waals surface area contributed by atoms with Crippen molar-refractivity contribution in [3.05, 3.63) is 28.5 Å². The number of thiophene rings is 1. The Morgan fingerprint density at radius 1 is 1.43 bits per heavy atom. The molecule has 0 saturated heterocycles. The van der Waals surface area contributed by atoms with E-state index in [1.165, 1.54) is 10.4 Å². The second-order valence-corrected chi connectivity index (χ2v) is 4.72. The summed E-state index contributed by atoms with van der Waals surface area (Å²) in [6.07, 6.45) is 0.999. The van der Waals surface area contributed by atoms with Crippen LogP contribution in [0.4, 0.5) is 0 Å². The number of hydrogen-bond donors (Lipinski definition) is 0. The van der Waals surface area contributed by atoms with Crippen LogP contribution < -0.4 is 0 Å². The van der Waals surface area contributed by atoms with Gasteiger partial charge in [-0.05, 0) is 25.3 Å². The van der Waals surface area contributed by atoms with Crippen LogP contribution >= 0.6 is 11.3 Å². The van der Waals surface area contributed by atoms with Crippen molar-refractivity contribution in [3.63, 3.8) is 0 Å². The van der Waals surface area contributed by atoms with Gasteiger partial charge in [-0.15, -0.1) is 11.3 Å². The fraction of sp³-hybridized carbons (Fsp3) is 0.500. The average molecular weight is 210 g/mol. The molecule has 0 bridgehead atoms. The molecular weight excluding hydrogens is 192 g/mol. The van der Waals surface area contributed by atoms with Crippen LogP contribution in [-0.4, -0.2) is 5.60 Å². The smallest absolute Gasteiger partial charge is 0.121 e. The number of fused-ring (bicyclic) bond motifs is 1. The third-order valence-corrected chi connectivity index (χ3v) is 2.95. The largest absolute Gasteiger partial charge is 0.487 e. The van der Waals surface area contributed by atoms with E-state index in [4.69, 9.17) is 4.74 Å². The Balaban J connectivity index is 0.000000461. The minimum absolute atomic E-state index is 0.0745. The lowest BCUT2D eigenvalue weighted by atomic mass is 9.98. The summed E-state index contributed by atoms with van der Waals surface area (Å²) >= 11 is 1.79. The average Bonchev–Trinajstić information content (AvgIpc) is 2.53. The van der Waals surface area contributed by atoms with E-state index < -0.39 is 0 Å². The minimum Gasteiger partial charge on any atom is -0.487 e. The summed E-state index contributed by atoms with van der Waals surface area (Å²) in [4.78, 5) is 1.40. The molecule has 0 saturated carbocycles. The van der Waals surface area contributed by atoms with E-state index in [9.17, 15) is 0 Å². The predicted molar refractivity (Wildman–Crippen MR) is 63.6 cm³/mol. The van der Waals surface area contributed by atoms with Crippen molar-refractivity contribution in [2.24, 2.45) is 0 Å². The van der Waals surface area contributed by atoms with Crippen molar-refractivity contribution < 1.29 is 4.74 Å². The van der Waals surface area contributed by atoms with Crippen molar-refractivity contribution in [2.45, 2.75) is 39.7 Å². The molecule has 0 spiro atoms. The maximum absolute atomic E-state index is 5.67. The fourth-order valence-corrected chi connectivity index (χ4v) is 2.65. The zero-order chi connectivity index (χ0) is 10.8. The Morgan fingerprint density at radius 3 is 2.71 bits per heavy atom. The molecule has 0 radical (unpaired) electrons. The molecule has 78 valence electrons. The van der Waals surface area contributed by atoms with Crippen LogP contribution in [0.2, 0.25) is 0 Å². The highest BCUT2D eigenvalue weighted by Crippen LogP contribution is 2.36. The van der Waals surface area contributed by atoms with Gasteiger partial charge in [0.25, 0.3) is 0 Å². The highest BCUT2D eigenvalue weighted by Gasteiger charge is 2.29. The van der Waals surface area contributed by atoms with Gasteiger partial charge in [0.05, 0.1) is 0 Å². The molecule has 1 aliphatic heterocycles. The second-order valence-electron chi connectivity index (χ2n) is 3.72. The van der Waals surface area contributed by atoms with E-state index in [1.807, 2.05) is 13.8 Å². The van der Waals surface area contributed by atoms with Crippen molar-refractivity contribution in [1.29, 1.82) is 0 Å². The molecule has 0 aromatic carbocycles. The summed E-state index contributed by atoms with van der Waals surface area (Å²) in [5.41, 5.74) is 1.12. The molecule has 1 aromatic heterocycles. The first kappa shape index (κ1) is 11.3. The molecule has 1 nitrogen and oxygen atoms in total. The molecule has 0 fully saturated rings. The van der Waals surface area contributed by atoms with Gasteiger partial charge < -0.3 is 4.74 Å². The van der Waals surface area contributed by atoms with Gasteiger partial charge >= 0.3 is 0 Å². The number of ether oxygens (including phenoxy) is 1. The number of rotatable bonds is 0. The summed E-state index contributed by atoms with van der Waals surface area (Å²) in [7, 11) is 0. The Morgan fingerprint density at radius 2 is 2.07 bits per heavy atom. The van der Waals surface area contributed by atoms with Crippen molar-refractivity contribution in [2.75, 3.05) is 0 Å². The van der Waals surface area contributed by atoms with Gasteiger partial charge in [-0.2, -0.15) is 0 Å². The molecule has 2 heterocycles. The van der Waals surface area contributed by atoms with Crippen molar-refractivity contribution >= 4 is 17.1 Å². The first-order valence-corrected chi connectivity index (χ1v) is 5.91. The Labute approximate surface area is 90.4 Å². The lowest BCUT2D eigenvalue weighted by Gasteiger charge is -2.32. The molecular formula is C12H18OS. The highest BCUT2D eigenvalue weighted by molar-refractivity contribution is 7.10. The molecule has 14 heavy (non-hydrogen) atoms. The van der Waals surface area contributed by atoms with Crippen LogP contribution in [0.1, 0.15) is 38.1 Å². The monoisotopic (exact) mass is 210 g/mol. The SMILES string of the molecule is C=C1OC(C)(C)Cc2sccc21.CC. The standard InChI is InChI=1S/C10H12OS.C2H6/c1-7-8-4-5-12-9(8)6-10(2,3)11-7;1-2/h4-5H,1,6H2,2-3H3;1-2H3. The van der Waals surface area contributed by atoms with Crippen LogP contribution in [0, 0.1) is 0 Å². The third kappa shape index (κ3) is 2.18. The highest BCUT2D eigenvalue weighted by atomic mass is 32.1. The summed E-state index contributed by atoms with van der Waals surface area (Å²) in [5.74, 6) is 0.822. The van der Waals surface area contributed by atoms with E-state index in [-0.39, 0.29) is 5.60 Å². The Kier molecular flexibility index (Phi) is 3.38. The quantitative estimate of drug-likeness (QED) is 0.626. The van der Waals surface area contributed by atoms with Gasteiger partial charge in [-0.25, -0.2) is 0 Å². The van der Waals surface area contributed by atoms with Crippen molar-refractivity contribution in [1.82, 2.24) is 0 Å². The summed E-state index contributed by atoms with van der Waals surface area (Å²) in [5, 5.41) is 2.10. The lowest BCUT2D eigenvalue weighted by Crippen LogP contribution is -2.29. The maximum Gasteiger partial charge on any atom is 0.121 e. The van der Waals surface area contributed by atoms with Gasteiger partial charge in [0.2, 0.25) is 0 Å². The Hall–Kier alpha value is -0.760. The molecule has 0 aliphatic carbocycles. The van der Waals surface area contributed by atoms with E-state index in [1.54, 1.807) is 11.3 Å². The zero-order valence-electron chi connectivity index (χ0n) is 9.39. The Bertz CT molecular complexity index is 323.